The summed E-state index contributed by atoms with van der Waals surface area (Å²) in [7, 11) is 0. The lowest BCUT2D eigenvalue weighted by atomic mass is 9.84. The Hall–Kier alpha value is -2.45. The van der Waals surface area contributed by atoms with Gasteiger partial charge in [0.25, 0.3) is 17.5 Å². The predicted octanol–water partition coefficient (Wildman–Crippen LogP) is 4.57. The first-order chi connectivity index (χ1) is 13.3. The van der Waals surface area contributed by atoms with E-state index in [4.69, 9.17) is 17.3 Å². The molecule has 0 unspecified atom stereocenters. The van der Waals surface area contributed by atoms with Crippen molar-refractivity contribution < 1.29 is 14.5 Å². The van der Waals surface area contributed by atoms with Crippen LogP contribution in [0.1, 0.15) is 57.3 Å². The maximum atomic E-state index is 12.7. The van der Waals surface area contributed by atoms with Crippen molar-refractivity contribution in [2.45, 2.75) is 39.0 Å². The van der Waals surface area contributed by atoms with Crippen LogP contribution in [0.2, 0.25) is 5.02 Å². The number of primary amides is 1. The van der Waals surface area contributed by atoms with Gasteiger partial charge in [0.1, 0.15) is 10.6 Å². The van der Waals surface area contributed by atoms with Gasteiger partial charge >= 0.3 is 0 Å². The monoisotopic (exact) mass is 421 g/mol. The van der Waals surface area contributed by atoms with E-state index in [-0.39, 0.29) is 16.3 Å². The molecule has 148 valence electrons. The normalized spacial score (nSPS) is 15.7. The topological polar surface area (TPSA) is 115 Å². The Labute approximate surface area is 171 Å². The fourth-order valence-corrected chi connectivity index (χ4v) is 5.21. The number of amides is 2. The van der Waals surface area contributed by atoms with Crippen LogP contribution < -0.4 is 11.1 Å². The molecule has 3 N–H and O–H groups in total. The number of benzene rings is 1. The zero-order valence-electron chi connectivity index (χ0n) is 15.3. The molecule has 0 bridgehead atoms. The third-order valence-corrected chi connectivity index (χ3v) is 6.34. The average Bonchev–Trinajstić information content (AvgIpc) is 2.98. The van der Waals surface area contributed by atoms with Gasteiger partial charge in [-0.15, -0.1) is 11.3 Å². The molecule has 1 aromatic heterocycles. The van der Waals surface area contributed by atoms with E-state index >= 15 is 0 Å². The molecule has 0 saturated carbocycles. The number of carbonyl (C=O) groups is 2. The molecule has 1 aliphatic carbocycles. The highest BCUT2D eigenvalue weighted by Crippen LogP contribution is 2.41. The molecule has 0 saturated heterocycles. The van der Waals surface area contributed by atoms with Crippen LogP contribution in [0.4, 0.5) is 10.7 Å². The summed E-state index contributed by atoms with van der Waals surface area (Å²) < 4.78 is 0. The fraction of sp³-hybridized carbons (Fsp3) is 0.368. The van der Waals surface area contributed by atoms with Gasteiger partial charge in [-0.1, -0.05) is 31.4 Å². The van der Waals surface area contributed by atoms with Gasteiger partial charge in [-0.2, -0.15) is 0 Å². The fourth-order valence-electron chi connectivity index (χ4n) is 3.68. The summed E-state index contributed by atoms with van der Waals surface area (Å²) in [6, 6.07) is 3.77. The first-order valence-electron chi connectivity index (χ1n) is 9.01. The van der Waals surface area contributed by atoms with Crippen LogP contribution in [0.15, 0.2) is 18.2 Å². The number of halogens is 1. The molecule has 7 nitrogen and oxygen atoms in total. The third-order valence-electron chi connectivity index (χ3n) is 4.94. The highest BCUT2D eigenvalue weighted by atomic mass is 35.5. The van der Waals surface area contributed by atoms with E-state index in [2.05, 4.69) is 12.2 Å². The Balaban J connectivity index is 1.95. The summed E-state index contributed by atoms with van der Waals surface area (Å²) >= 11 is 7.23. The van der Waals surface area contributed by atoms with Crippen LogP contribution in [0, 0.1) is 16.0 Å². The number of carbonyl (C=O) groups excluding carboxylic acids is 2. The quantitative estimate of drug-likeness (QED) is 0.525. The minimum Gasteiger partial charge on any atom is -0.365 e. The van der Waals surface area contributed by atoms with Gasteiger partial charge in [-0.25, -0.2) is 0 Å². The molecule has 3 rings (SSSR count). The summed E-state index contributed by atoms with van der Waals surface area (Å²) in [5.74, 6) is -0.753. The lowest BCUT2D eigenvalue weighted by Gasteiger charge is -2.21. The Kier molecular flexibility index (Phi) is 6.00. The summed E-state index contributed by atoms with van der Waals surface area (Å²) in [4.78, 5) is 36.4. The number of fused-ring (bicyclic) bond motifs is 1. The molecule has 1 aromatic carbocycles. The minimum absolute atomic E-state index is 0.164. The smallest absolute Gasteiger partial charge is 0.282 e. The Bertz CT molecular complexity index is 957. The Morgan fingerprint density at radius 2 is 2.18 bits per heavy atom. The number of nitro groups is 1. The number of nitrogens with one attached hydrogen (secondary N) is 1. The molecule has 28 heavy (non-hydrogen) atoms. The lowest BCUT2D eigenvalue weighted by molar-refractivity contribution is -0.385. The first kappa shape index (κ1) is 20.3. The maximum Gasteiger partial charge on any atom is 0.282 e. The average molecular weight is 422 g/mol. The highest BCUT2D eigenvalue weighted by molar-refractivity contribution is 7.17. The van der Waals surface area contributed by atoms with Crippen molar-refractivity contribution in [2.75, 3.05) is 5.32 Å². The summed E-state index contributed by atoms with van der Waals surface area (Å²) in [6.45, 7) is 2.14. The minimum atomic E-state index is -0.694. The number of hydrogen-bond donors (Lipinski definition) is 2. The SMILES string of the molecule is CCC[C@H]1CCc2c(sc(NC(=O)c3cc(Cl)ccc3[N+](=O)[O-])c2C(N)=O)C1. The highest BCUT2D eigenvalue weighted by Gasteiger charge is 2.29. The molecule has 0 radical (unpaired) electrons. The predicted molar refractivity (Wildman–Crippen MR) is 109 cm³/mol. The molecular weight excluding hydrogens is 402 g/mol. The molecule has 1 aliphatic rings. The second-order valence-corrected chi connectivity index (χ2v) is 8.38. The molecule has 0 fully saturated rings. The van der Waals surface area contributed by atoms with E-state index in [9.17, 15) is 19.7 Å². The molecule has 0 aliphatic heterocycles. The Morgan fingerprint density at radius 3 is 2.82 bits per heavy atom. The van der Waals surface area contributed by atoms with Crippen molar-refractivity contribution in [1.29, 1.82) is 0 Å². The van der Waals surface area contributed by atoms with Crippen LogP contribution in [0.5, 0.6) is 0 Å². The van der Waals surface area contributed by atoms with Gasteiger partial charge < -0.3 is 11.1 Å². The van der Waals surface area contributed by atoms with Gasteiger partial charge in [0.05, 0.1) is 10.5 Å². The number of rotatable bonds is 6. The lowest BCUT2D eigenvalue weighted by Crippen LogP contribution is -2.20. The van der Waals surface area contributed by atoms with Gasteiger partial charge in [0.15, 0.2) is 0 Å². The van der Waals surface area contributed by atoms with Crippen LogP contribution in [0.3, 0.4) is 0 Å². The number of thiophene rings is 1. The number of nitro benzene ring substituents is 1. The van der Waals surface area contributed by atoms with Crippen molar-refractivity contribution in [3.05, 3.63) is 54.9 Å². The molecule has 1 atom stereocenters. The van der Waals surface area contributed by atoms with E-state index < -0.39 is 16.7 Å². The molecular formula is C19H20ClN3O4S. The summed E-state index contributed by atoms with van der Waals surface area (Å²) in [6.07, 6.45) is 4.77. The number of nitrogens with zero attached hydrogens (tertiary/aromatic N) is 1. The summed E-state index contributed by atoms with van der Waals surface area (Å²) in [5.41, 5.74) is 6.26. The van der Waals surface area contributed by atoms with Crippen LogP contribution in [-0.4, -0.2) is 16.7 Å². The molecule has 0 spiro atoms. The zero-order valence-corrected chi connectivity index (χ0v) is 16.9. The van der Waals surface area contributed by atoms with Gasteiger partial charge in [-0.3, -0.25) is 19.7 Å². The standard InChI is InChI=1S/C19H20ClN3O4S/c1-2-3-10-4-6-12-15(8-10)28-19(16(12)17(21)24)22-18(25)13-9-11(20)5-7-14(13)23(26)27/h5,7,9-10H,2-4,6,8H2,1H3,(H2,21,24)(H,22,25)/t10-/m0/s1. The zero-order chi connectivity index (χ0) is 20.4. The van der Waals surface area contributed by atoms with E-state index in [1.807, 2.05) is 0 Å². The second kappa shape index (κ2) is 8.28. The van der Waals surface area contributed by atoms with Crippen molar-refractivity contribution in [3.8, 4) is 0 Å². The van der Waals surface area contributed by atoms with E-state index in [0.717, 1.165) is 42.5 Å². The van der Waals surface area contributed by atoms with Crippen LogP contribution in [0.25, 0.3) is 0 Å². The maximum absolute atomic E-state index is 12.7. The molecule has 1 heterocycles. The van der Waals surface area contributed by atoms with Crippen LogP contribution >= 0.6 is 22.9 Å². The summed E-state index contributed by atoms with van der Waals surface area (Å²) in [5, 5.41) is 14.4. The van der Waals surface area contributed by atoms with Crippen molar-refractivity contribution >= 4 is 45.4 Å². The number of anilines is 1. The van der Waals surface area contributed by atoms with Gasteiger partial charge in [0, 0.05) is 16.0 Å². The molecule has 2 amide bonds. The van der Waals surface area contributed by atoms with Crippen LogP contribution in [-0.2, 0) is 12.8 Å². The molecule has 9 heteroatoms. The van der Waals surface area contributed by atoms with Gasteiger partial charge in [0.2, 0.25) is 0 Å². The van der Waals surface area contributed by atoms with Crippen molar-refractivity contribution in [3.63, 3.8) is 0 Å². The second-order valence-electron chi connectivity index (χ2n) is 6.84. The number of hydrogen-bond acceptors (Lipinski definition) is 5. The number of nitrogens with two attached hydrogens (primary N) is 1. The Morgan fingerprint density at radius 1 is 1.43 bits per heavy atom. The van der Waals surface area contributed by atoms with Crippen molar-refractivity contribution in [1.82, 2.24) is 0 Å². The molecule has 2 aromatic rings. The van der Waals surface area contributed by atoms with E-state index in [1.165, 1.54) is 29.5 Å². The van der Waals surface area contributed by atoms with Crippen molar-refractivity contribution in [2.24, 2.45) is 11.7 Å². The largest absolute Gasteiger partial charge is 0.365 e. The van der Waals surface area contributed by atoms with E-state index in [1.54, 1.807) is 0 Å². The third kappa shape index (κ3) is 4.02. The van der Waals surface area contributed by atoms with E-state index in [0.29, 0.717) is 16.5 Å². The van der Waals surface area contributed by atoms with Gasteiger partial charge in [-0.05, 0) is 42.9 Å². The first-order valence-corrected chi connectivity index (χ1v) is 10.2.